The maximum Gasteiger partial charge on any atom is 0.283 e. The summed E-state index contributed by atoms with van der Waals surface area (Å²) in [6.45, 7) is 1.70. The number of sulfonamides is 1. The van der Waals surface area contributed by atoms with Crippen molar-refractivity contribution in [2.45, 2.75) is 29.9 Å². The molecule has 0 saturated heterocycles. The Kier molecular flexibility index (Phi) is 3.33. The normalized spacial score (nSPS) is 15.1. The maximum absolute atomic E-state index is 12.2. The maximum atomic E-state index is 12.2. The van der Waals surface area contributed by atoms with Gasteiger partial charge in [0.15, 0.2) is 4.21 Å². The van der Waals surface area contributed by atoms with Crippen LogP contribution in [0.25, 0.3) is 0 Å². The minimum atomic E-state index is -3.88. The molecular formula is C12H14N4O3S2. The summed E-state index contributed by atoms with van der Waals surface area (Å²) in [6.07, 6.45) is 3.38. The van der Waals surface area contributed by atoms with Crippen molar-refractivity contribution in [3.8, 4) is 0 Å². The first-order chi connectivity index (χ1) is 9.87. The topological polar surface area (TPSA) is 93.9 Å². The number of aromatic nitrogens is 3. The van der Waals surface area contributed by atoms with Crippen LogP contribution in [0.1, 0.15) is 39.9 Å². The average molecular weight is 326 g/mol. The summed E-state index contributed by atoms with van der Waals surface area (Å²) in [5, 5.41) is 4.88. The Morgan fingerprint density at radius 3 is 2.76 bits per heavy atom. The number of carbonyl (C=O) groups excluding carboxylic acids is 1. The zero-order chi connectivity index (χ0) is 15.2. The predicted octanol–water partition coefficient (Wildman–Crippen LogP) is 1.18. The van der Waals surface area contributed by atoms with Crippen molar-refractivity contribution < 1.29 is 13.2 Å². The van der Waals surface area contributed by atoms with Crippen LogP contribution in [0, 0.1) is 6.92 Å². The van der Waals surface area contributed by atoms with Gasteiger partial charge in [-0.05, 0) is 25.8 Å². The number of hydrogen-bond donors (Lipinski definition) is 1. The van der Waals surface area contributed by atoms with Gasteiger partial charge in [-0.1, -0.05) is 0 Å². The fraction of sp³-hybridized carbons (Fsp3) is 0.417. The number of nitrogens with zero attached hydrogens (tertiary/aromatic N) is 3. The van der Waals surface area contributed by atoms with E-state index in [0.29, 0.717) is 10.9 Å². The Morgan fingerprint density at radius 2 is 2.19 bits per heavy atom. The first-order valence-electron chi connectivity index (χ1n) is 6.40. The highest BCUT2D eigenvalue weighted by Gasteiger charge is 2.29. The number of nitrogens with one attached hydrogen (secondary N) is 1. The fourth-order valence-corrected chi connectivity index (χ4v) is 4.04. The Balaban J connectivity index is 1.82. The molecule has 0 radical (unpaired) electrons. The van der Waals surface area contributed by atoms with Crippen molar-refractivity contribution in [1.82, 2.24) is 19.5 Å². The fourth-order valence-electron chi connectivity index (χ4n) is 1.97. The second kappa shape index (κ2) is 4.92. The number of thiazole rings is 1. The highest BCUT2D eigenvalue weighted by Crippen LogP contribution is 2.39. The smallest absolute Gasteiger partial charge is 0.266 e. The van der Waals surface area contributed by atoms with Gasteiger partial charge in [0, 0.05) is 13.0 Å². The molecule has 0 aliphatic heterocycles. The first-order valence-corrected chi connectivity index (χ1v) is 8.70. The lowest BCUT2D eigenvalue weighted by atomic mass is 10.2. The summed E-state index contributed by atoms with van der Waals surface area (Å²) in [6, 6.07) is 1.65. The van der Waals surface area contributed by atoms with Crippen molar-refractivity contribution in [3.05, 3.63) is 28.7 Å². The van der Waals surface area contributed by atoms with Gasteiger partial charge in [-0.3, -0.25) is 9.48 Å². The van der Waals surface area contributed by atoms with E-state index in [0.717, 1.165) is 29.9 Å². The molecule has 21 heavy (non-hydrogen) atoms. The Morgan fingerprint density at radius 1 is 1.48 bits per heavy atom. The minimum Gasteiger partial charge on any atom is -0.266 e. The number of carbonyl (C=O) groups is 1. The molecule has 3 rings (SSSR count). The number of rotatable bonds is 4. The van der Waals surface area contributed by atoms with Gasteiger partial charge >= 0.3 is 0 Å². The molecule has 0 aromatic carbocycles. The zero-order valence-electron chi connectivity index (χ0n) is 11.5. The third-order valence-corrected chi connectivity index (χ3v) is 5.92. The highest BCUT2D eigenvalue weighted by atomic mass is 32.2. The van der Waals surface area contributed by atoms with E-state index in [1.807, 2.05) is 0 Å². The van der Waals surface area contributed by atoms with Gasteiger partial charge < -0.3 is 0 Å². The second-order valence-electron chi connectivity index (χ2n) is 4.99. The van der Waals surface area contributed by atoms with Crippen LogP contribution < -0.4 is 4.72 Å². The van der Waals surface area contributed by atoms with Crippen molar-refractivity contribution in [2.24, 2.45) is 7.05 Å². The number of hydrogen-bond acceptors (Lipinski definition) is 6. The summed E-state index contributed by atoms with van der Waals surface area (Å²) < 4.78 is 27.7. The minimum absolute atomic E-state index is 0.0259. The van der Waals surface area contributed by atoms with Crippen LogP contribution in [-0.2, 0) is 17.1 Å². The van der Waals surface area contributed by atoms with Crippen LogP contribution in [0.5, 0.6) is 0 Å². The molecule has 0 atom stereocenters. The predicted molar refractivity (Wildman–Crippen MR) is 76.7 cm³/mol. The molecule has 0 unspecified atom stereocenters. The lowest BCUT2D eigenvalue weighted by Gasteiger charge is -2.04. The van der Waals surface area contributed by atoms with E-state index in [-0.39, 0.29) is 9.90 Å². The summed E-state index contributed by atoms with van der Waals surface area (Å²) in [5.74, 6) is -0.276. The van der Waals surface area contributed by atoms with Gasteiger partial charge in [0.25, 0.3) is 15.9 Å². The molecule has 2 aromatic heterocycles. The molecule has 1 aliphatic carbocycles. The Bertz CT molecular complexity index is 802. The first kappa shape index (κ1) is 14.2. The molecule has 0 bridgehead atoms. The van der Waals surface area contributed by atoms with Crippen molar-refractivity contribution >= 4 is 27.3 Å². The standard InChI is InChI=1S/C12H14N4O3S2/c1-7-13-6-11(20-7)21(18,19)15-12(17)10-5-9(8-3-4-8)14-16(10)2/h5-6,8H,3-4H2,1-2H3,(H,15,17). The molecule has 1 amide bonds. The van der Waals surface area contributed by atoms with Gasteiger partial charge in [0.2, 0.25) is 0 Å². The quantitative estimate of drug-likeness (QED) is 0.910. The molecular weight excluding hydrogens is 312 g/mol. The second-order valence-corrected chi connectivity index (χ2v) is 8.13. The van der Waals surface area contributed by atoms with Gasteiger partial charge in [0.05, 0.1) is 16.9 Å². The van der Waals surface area contributed by atoms with Crippen LogP contribution >= 0.6 is 11.3 Å². The van der Waals surface area contributed by atoms with E-state index in [1.165, 1.54) is 10.9 Å². The van der Waals surface area contributed by atoms with E-state index < -0.39 is 15.9 Å². The summed E-state index contributed by atoms with van der Waals surface area (Å²) in [5.41, 5.74) is 1.08. The van der Waals surface area contributed by atoms with E-state index in [1.54, 1.807) is 20.0 Å². The van der Waals surface area contributed by atoms with Gasteiger partial charge in [0.1, 0.15) is 5.69 Å². The molecule has 1 fully saturated rings. The molecule has 7 nitrogen and oxygen atoms in total. The Labute approximate surface area is 126 Å². The molecule has 1 saturated carbocycles. The van der Waals surface area contributed by atoms with Gasteiger partial charge in [-0.2, -0.15) is 5.10 Å². The monoisotopic (exact) mass is 326 g/mol. The van der Waals surface area contributed by atoms with E-state index >= 15 is 0 Å². The van der Waals surface area contributed by atoms with Crippen molar-refractivity contribution in [2.75, 3.05) is 0 Å². The van der Waals surface area contributed by atoms with Crippen LogP contribution in [0.4, 0.5) is 0 Å². The highest BCUT2D eigenvalue weighted by molar-refractivity contribution is 7.92. The van der Waals surface area contributed by atoms with E-state index in [9.17, 15) is 13.2 Å². The molecule has 1 N–H and O–H groups in total. The number of aryl methyl sites for hydroxylation is 2. The molecule has 112 valence electrons. The van der Waals surface area contributed by atoms with Crippen LogP contribution in [0.2, 0.25) is 0 Å². The van der Waals surface area contributed by atoms with Crippen LogP contribution in [0.3, 0.4) is 0 Å². The molecule has 9 heteroatoms. The summed E-state index contributed by atoms with van der Waals surface area (Å²) >= 11 is 1.02. The van der Waals surface area contributed by atoms with Crippen LogP contribution in [-0.4, -0.2) is 29.1 Å². The van der Waals surface area contributed by atoms with Crippen molar-refractivity contribution in [3.63, 3.8) is 0 Å². The largest absolute Gasteiger partial charge is 0.283 e. The molecule has 0 spiro atoms. The van der Waals surface area contributed by atoms with Crippen LogP contribution in [0.15, 0.2) is 16.5 Å². The lowest BCUT2D eigenvalue weighted by molar-refractivity contribution is 0.0972. The van der Waals surface area contributed by atoms with Crippen molar-refractivity contribution in [1.29, 1.82) is 0 Å². The number of amides is 1. The third-order valence-electron chi connectivity index (χ3n) is 3.22. The van der Waals surface area contributed by atoms with Gasteiger partial charge in [-0.25, -0.2) is 18.1 Å². The third kappa shape index (κ3) is 2.84. The summed E-state index contributed by atoms with van der Waals surface area (Å²) in [7, 11) is -2.25. The zero-order valence-corrected chi connectivity index (χ0v) is 13.2. The summed E-state index contributed by atoms with van der Waals surface area (Å²) in [4.78, 5) is 16.0. The van der Waals surface area contributed by atoms with E-state index in [4.69, 9.17) is 0 Å². The molecule has 2 aromatic rings. The Hall–Kier alpha value is -1.74. The average Bonchev–Trinajstić information content (AvgIpc) is 3.03. The lowest BCUT2D eigenvalue weighted by Crippen LogP contribution is -2.31. The molecule has 1 aliphatic rings. The molecule has 2 heterocycles. The van der Waals surface area contributed by atoms with Gasteiger partial charge in [-0.15, -0.1) is 11.3 Å². The SMILES string of the molecule is Cc1ncc(S(=O)(=O)NC(=O)c2cc(C3CC3)nn2C)s1. The van der Waals surface area contributed by atoms with E-state index in [2.05, 4.69) is 14.8 Å².